The molecule has 1 unspecified atom stereocenters. The maximum atomic E-state index is 9.90. The molecule has 3 nitrogen and oxygen atoms in total. The number of nitrogens with zero attached hydrogens (tertiary/aromatic N) is 1. The van der Waals surface area contributed by atoms with Crippen LogP contribution in [0.4, 0.5) is 0 Å². The Morgan fingerprint density at radius 3 is 2.20 bits per heavy atom. The van der Waals surface area contributed by atoms with Gasteiger partial charge in [0.15, 0.2) is 0 Å². The first kappa shape index (κ1) is 30.2. The van der Waals surface area contributed by atoms with Gasteiger partial charge in [0.05, 0.1) is 6.10 Å². The summed E-state index contributed by atoms with van der Waals surface area (Å²) in [6.45, 7) is 21.0. The molecule has 1 atom stereocenters. The Kier molecular flexibility index (Phi) is 12.5. The maximum Gasteiger partial charge on any atom is 0.0540 e. The van der Waals surface area contributed by atoms with E-state index in [-0.39, 0.29) is 6.10 Å². The Bertz CT molecular complexity index is 1020. The van der Waals surface area contributed by atoms with Crippen molar-refractivity contribution < 1.29 is 5.11 Å². The summed E-state index contributed by atoms with van der Waals surface area (Å²) in [6, 6.07) is 9.01. The second-order valence-corrected chi connectivity index (χ2v) is 9.05. The molecule has 3 N–H and O–H groups in total. The average molecular weight is 475 g/mol. The predicted octanol–water partition coefficient (Wildman–Crippen LogP) is 7.79. The predicted molar refractivity (Wildman–Crippen MR) is 152 cm³/mol. The number of aliphatic hydroxyl groups is 1. The monoisotopic (exact) mass is 474 g/mol. The summed E-state index contributed by atoms with van der Waals surface area (Å²) >= 11 is 0. The lowest BCUT2D eigenvalue weighted by Gasteiger charge is -2.39. The molecule has 35 heavy (non-hydrogen) atoms. The highest BCUT2D eigenvalue weighted by atomic mass is 16.3. The van der Waals surface area contributed by atoms with Gasteiger partial charge in [-0.05, 0) is 85.6 Å². The van der Waals surface area contributed by atoms with Crippen LogP contribution >= 0.6 is 0 Å². The van der Waals surface area contributed by atoms with Crippen LogP contribution < -0.4 is 5.73 Å². The van der Waals surface area contributed by atoms with Gasteiger partial charge in [-0.1, -0.05) is 71.9 Å². The van der Waals surface area contributed by atoms with Gasteiger partial charge in [0.25, 0.3) is 0 Å². The molecule has 2 aliphatic carbocycles. The first-order chi connectivity index (χ1) is 16.8. The van der Waals surface area contributed by atoms with Gasteiger partial charge in [0.1, 0.15) is 0 Å². The van der Waals surface area contributed by atoms with Crippen LogP contribution in [0.3, 0.4) is 0 Å². The van der Waals surface area contributed by atoms with Crippen molar-refractivity contribution in [1.82, 2.24) is 4.98 Å². The van der Waals surface area contributed by atoms with E-state index in [1.165, 1.54) is 16.7 Å². The lowest BCUT2D eigenvalue weighted by molar-refractivity contribution is 0.0559. The number of nitrogens with two attached hydrogens (primary N) is 1. The van der Waals surface area contributed by atoms with Gasteiger partial charge in [0.2, 0.25) is 0 Å². The Balaban J connectivity index is 0.000000531. The number of hydrogen-bond acceptors (Lipinski definition) is 3. The largest absolute Gasteiger partial charge is 0.399 e. The lowest BCUT2D eigenvalue weighted by Crippen LogP contribution is -2.32. The molecule has 0 aliphatic heterocycles. The number of hydrogen-bond donors (Lipinski definition) is 2. The molecular weight excluding hydrogens is 428 g/mol. The van der Waals surface area contributed by atoms with E-state index in [4.69, 9.17) is 5.73 Å². The van der Waals surface area contributed by atoms with Crippen LogP contribution in [0.15, 0.2) is 61.1 Å². The first-order valence-electron chi connectivity index (χ1n) is 13.0. The first-order valence-corrected chi connectivity index (χ1v) is 13.0. The van der Waals surface area contributed by atoms with E-state index < -0.39 is 0 Å². The molecule has 190 valence electrons. The van der Waals surface area contributed by atoms with Crippen LogP contribution in [-0.4, -0.2) is 16.2 Å². The van der Waals surface area contributed by atoms with Crippen molar-refractivity contribution in [3.8, 4) is 23.0 Å². The summed E-state index contributed by atoms with van der Waals surface area (Å²) in [7, 11) is 0. The molecule has 1 spiro atoms. The van der Waals surface area contributed by atoms with Gasteiger partial charge in [-0.15, -0.1) is 5.92 Å². The summed E-state index contributed by atoms with van der Waals surface area (Å²) in [6.07, 6.45) is 9.00. The molecule has 1 fully saturated rings. The van der Waals surface area contributed by atoms with E-state index in [1.807, 2.05) is 53.9 Å². The summed E-state index contributed by atoms with van der Waals surface area (Å²) < 4.78 is 0. The van der Waals surface area contributed by atoms with Crippen molar-refractivity contribution >= 4 is 0 Å². The molecule has 1 saturated carbocycles. The molecule has 2 aromatic rings. The van der Waals surface area contributed by atoms with Crippen molar-refractivity contribution in [3.63, 3.8) is 0 Å². The number of aliphatic hydroxyl groups excluding tert-OH is 1. The quantitative estimate of drug-likeness (QED) is 0.345. The topological polar surface area (TPSA) is 59.1 Å². The SMILES string of the molecule is C=C(C)C(=C)N.CC.CC.CC#Cc1cncc(-c2ccc3c(c2)C(C)C2(CCC(O)CC2)C3)c1. The summed E-state index contributed by atoms with van der Waals surface area (Å²) in [5, 5.41) is 9.90. The van der Waals surface area contributed by atoms with E-state index in [0.29, 0.717) is 17.0 Å². The van der Waals surface area contributed by atoms with Crippen molar-refractivity contribution in [3.05, 3.63) is 77.8 Å². The van der Waals surface area contributed by atoms with Crippen molar-refractivity contribution in [2.45, 2.75) is 92.6 Å². The minimum absolute atomic E-state index is 0.0920. The number of fused-ring (bicyclic) bond motifs is 1. The van der Waals surface area contributed by atoms with Crippen LogP contribution in [0.2, 0.25) is 0 Å². The van der Waals surface area contributed by atoms with Gasteiger partial charge in [0, 0.05) is 29.2 Å². The van der Waals surface area contributed by atoms with Gasteiger partial charge < -0.3 is 10.8 Å². The molecule has 1 aromatic carbocycles. The maximum absolute atomic E-state index is 9.90. The van der Waals surface area contributed by atoms with Crippen LogP contribution in [0.1, 0.15) is 96.8 Å². The van der Waals surface area contributed by atoms with Crippen LogP contribution in [0.5, 0.6) is 0 Å². The molecule has 0 saturated heterocycles. The molecule has 0 bridgehead atoms. The van der Waals surface area contributed by atoms with Crippen molar-refractivity contribution in [2.75, 3.05) is 0 Å². The number of benzene rings is 1. The van der Waals surface area contributed by atoms with Crippen molar-refractivity contribution in [1.29, 1.82) is 0 Å². The zero-order valence-corrected chi connectivity index (χ0v) is 23.0. The smallest absolute Gasteiger partial charge is 0.0540 e. The Morgan fingerprint density at radius 1 is 1.06 bits per heavy atom. The van der Waals surface area contributed by atoms with Gasteiger partial charge in [-0.25, -0.2) is 0 Å². The second-order valence-electron chi connectivity index (χ2n) is 9.05. The third-order valence-corrected chi connectivity index (χ3v) is 6.91. The zero-order valence-electron chi connectivity index (χ0n) is 23.0. The van der Waals surface area contributed by atoms with E-state index in [1.54, 1.807) is 0 Å². The molecular formula is C32H46N2O. The number of pyridine rings is 1. The molecule has 2 aliphatic rings. The van der Waals surface area contributed by atoms with E-state index >= 15 is 0 Å². The van der Waals surface area contributed by atoms with Crippen LogP contribution in [0.25, 0.3) is 11.1 Å². The highest BCUT2D eigenvalue weighted by molar-refractivity contribution is 5.66. The third-order valence-electron chi connectivity index (χ3n) is 6.91. The summed E-state index contributed by atoms with van der Waals surface area (Å²) in [5.74, 6) is 6.59. The van der Waals surface area contributed by atoms with Gasteiger partial charge in [-0.3, -0.25) is 4.98 Å². The number of allylic oxidation sites excluding steroid dienone is 1. The van der Waals surface area contributed by atoms with E-state index in [9.17, 15) is 5.11 Å². The highest BCUT2D eigenvalue weighted by Gasteiger charge is 2.45. The Morgan fingerprint density at radius 2 is 1.66 bits per heavy atom. The van der Waals surface area contributed by atoms with Crippen molar-refractivity contribution in [2.24, 2.45) is 11.1 Å². The molecule has 3 heteroatoms. The summed E-state index contributed by atoms with van der Waals surface area (Å²) in [5.41, 5.74) is 13.2. The Labute approximate surface area is 214 Å². The fourth-order valence-electron chi connectivity index (χ4n) is 4.80. The molecule has 1 aromatic heterocycles. The third kappa shape index (κ3) is 7.84. The lowest BCUT2D eigenvalue weighted by atomic mass is 9.66. The molecule has 4 rings (SSSR count). The fraction of sp³-hybridized carbons (Fsp3) is 0.469. The molecule has 1 heterocycles. The minimum atomic E-state index is -0.0920. The standard InChI is InChI=1S/C23H25NO.C5H9N.2C2H6/c1-3-4-17-11-20(15-24-14-17)18-5-6-19-13-23(16(2)22(19)12-18)9-7-21(25)8-10-23;1-4(2)5(3)6;2*1-2/h5-6,11-12,14-16,21,25H,7-10,13H2,1-2H3;1,3,6H2,2H3;2*1-2H3. The minimum Gasteiger partial charge on any atom is -0.399 e. The zero-order chi connectivity index (χ0) is 26.6. The number of aromatic nitrogens is 1. The Hall–Kier alpha value is -2.83. The van der Waals surface area contributed by atoms with E-state index in [0.717, 1.165) is 48.8 Å². The average Bonchev–Trinajstić information content (AvgIpc) is 3.15. The normalized spacial score (nSPS) is 21.4. The highest BCUT2D eigenvalue weighted by Crippen LogP contribution is 2.55. The van der Waals surface area contributed by atoms with Gasteiger partial charge >= 0.3 is 0 Å². The second kappa shape index (κ2) is 14.5. The number of rotatable bonds is 2. The fourth-order valence-corrected chi connectivity index (χ4v) is 4.80. The van der Waals surface area contributed by atoms with Gasteiger partial charge in [-0.2, -0.15) is 0 Å². The van der Waals surface area contributed by atoms with Crippen LogP contribution in [0, 0.1) is 17.3 Å². The molecule has 0 amide bonds. The van der Waals surface area contributed by atoms with E-state index in [2.05, 4.69) is 61.2 Å². The molecule has 0 radical (unpaired) electrons. The summed E-state index contributed by atoms with van der Waals surface area (Å²) in [4.78, 5) is 4.35. The van der Waals surface area contributed by atoms with Crippen LogP contribution in [-0.2, 0) is 6.42 Å².